The summed E-state index contributed by atoms with van der Waals surface area (Å²) in [6.07, 6.45) is 8.09. The van der Waals surface area contributed by atoms with E-state index in [1.807, 2.05) is 94.5 Å². The lowest BCUT2D eigenvalue weighted by atomic mass is 9.74. The fourth-order valence-corrected chi connectivity index (χ4v) is 10.4. The highest BCUT2D eigenvalue weighted by molar-refractivity contribution is 8.02. The molecule has 3 amide bonds. The van der Waals surface area contributed by atoms with Crippen molar-refractivity contribution in [3.63, 3.8) is 0 Å². The van der Waals surface area contributed by atoms with Gasteiger partial charge in [-0.2, -0.15) is 0 Å². The van der Waals surface area contributed by atoms with Crippen molar-refractivity contribution in [3.8, 4) is 5.75 Å². The molecular formula is C38H48N4O5S. The minimum Gasteiger partial charge on any atom is -0.494 e. The van der Waals surface area contributed by atoms with Gasteiger partial charge in [0.15, 0.2) is 0 Å². The molecule has 0 bridgehead atoms. The first-order chi connectivity index (χ1) is 23.0. The van der Waals surface area contributed by atoms with E-state index in [0.717, 1.165) is 35.9 Å². The summed E-state index contributed by atoms with van der Waals surface area (Å²) in [5.74, 6) is -1.50. The van der Waals surface area contributed by atoms with Crippen LogP contribution in [0.5, 0.6) is 5.75 Å². The fraction of sp³-hybridized carbons (Fsp3) is 0.500. The number of amides is 3. The number of fused-ring (bicyclic) bond motifs is 2. The number of nitrogens with zero attached hydrogens (tertiary/aromatic N) is 4. The normalized spacial score (nSPS) is 28.7. The lowest BCUT2D eigenvalue weighted by Crippen LogP contribution is -2.58. The van der Waals surface area contributed by atoms with Crippen LogP contribution in [-0.2, 0) is 14.4 Å². The number of aliphatic hydroxyl groups excluding tert-OH is 1. The highest BCUT2D eigenvalue weighted by Gasteiger charge is 2.74. The molecule has 4 heterocycles. The smallest absolute Gasteiger partial charge is 0.251 e. The van der Waals surface area contributed by atoms with Crippen LogP contribution in [0.25, 0.3) is 0 Å². The molecule has 2 aromatic rings. The molecule has 0 aromatic heterocycles. The first-order valence-electron chi connectivity index (χ1n) is 17.2. The molecule has 10 heteroatoms. The lowest BCUT2D eigenvalue weighted by Gasteiger charge is -2.41. The third-order valence-corrected chi connectivity index (χ3v) is 12.4. The van der Waals surface area contributed by atoms with Gasteiger partial charge in [-0.05, 0) is 82.1 Å². The van der Waals surface area contributed by atoms with Crippen LogP contribution in [0, 0.1) is 17.8 Å². The monoisotopic (exact) mass is 672 g/mol. The van der Waals surface area contributed by atoms with Crippen molar-refractivity contribution in [1.82, 2.24) is 4.90 Å². The molecular weight excluding hydrogens is 625 g/mol. The van der Waals surface area contributed by atoms with E-state index >= 15 is 0 Å². The number of rotatable bonds is 10. The van der Waals surface area contributed by atoms with E-state index in [4.69, 9.17) is 4.74 Å². The zero-order valence-electron chi connectivity index (χ0n) is 28.8. The van der Waals surface area contributed by atoms with Crippen LogP contribution < -0.4 is 19.4 Å². The number of anilines is 3. The van der Waals surface area contributed by atoms with E-state index < -0.39 is 33.4 Å². The van der Waals surface area contributed by atoms with Crippen LogP contribution in [0.3, 0.4) is 0 Å². The number of carbonyl (C=O) groups excluding carboxylic acids is 3. The van der Waals surface area contributed by atoms with Crippen molar-refractivity contribution in [2.75, 3.05) is 54.1 Å². The summed E-state index contributed by atoms with van der Waals surface area (Å²) in [4.78, 5) is 52.1. The number of hydrogen-bond acceptors (Lipinski definition) is 7. The number of likely N-dealkylation sites (tertiary alicyclic amines) is 1. The number of carbonyl (C=O) groups is 3. The number of ether oxygens (including phenoxy) is 1. The topological polar surface area (TPSA) is 93.6 Å². The molecule has 2 fully saturated rings. The van der Waals surface area contributed by atoms with Gasteiger partial charge in [0, 0.05) is 48.0 Å². The summed E-state index contributed by atoms with van der Waals surface area (Å²) in [6.45, 7) is 14.8. The molecule has 1 N–H and O–H groups in total. The van der Waals surface area contributed by atoms with E-state index in [-0.39, 0.29) is 30.2 Å². The van der Waals surface area contributed by atoms with Crippen molar-refractivity contribution in [1.29, 1.82) is 0 Å². The van der Waals surface area contributed by atoms with Crippen LogP contribution in [0.15, 0.2) is 72.8 Å². The molecule has 6 atom stereocenters. The van der Waals surface area contributed by atoms with Crippen molar-refractivity contribution in [2.45, 2.75) is 63.1 Å². The fourth-order valence-electron chi connectivity index (χ4n) is 8.22. The van der Waals surface area contributed by atoms with Gasteiger partial charge in [-0.1, -0.05) is 38.2 Å². The number of benzene rings is 2. The highest BCUT2D eigenvalue weighted by Crippen LogP contribution is 2.66. The molecule has 48 heavy (non-hydrogen) atoms. The Labute approximate surface area is 288 Å². The zero-order valence-corrected chi connectivity index (χ0v) is 29.7. The van der Waals surface area contributed by atoms with Gasteiger partial charge in [0.2, 0.25) is 11.8 Å². The van der Waals surface area contributed by atoms with Crippen molar-refractivity contribution in [3.05, 3.63) is 72.8 Å². The first-order valence-corrected chi connectivity index (χ1v) is 18.1. The third kappa shape index (κ3) is 5.41. The van der Waals surface area contributed by atoms with E-state index in [1.165, 1.54) is 0 Å². The largest absolute Gasteiger partial charge is 0.494 e. The number of hydrogen-bond donors (Lipinski definition) is 1. The second kappa shape index (κ2) is 13.3. The Morgan fingerprint density at radius 2 is 1.44 bits per heavy atom. The third-order valence-electron chi connectivity index (χ3n) is 10.6. The number of thioether (sulfide) groups is 1. The van der Waals surface area contributed by atoms with Crippen LogP contribution in [0.4, 0.5) is 17.1 Å². The van der Waals surface area contributed by atoms with Crippen molar-refractivity contribution < 1.29 is 24.2 Å². The maximum absolute atomic E-state index is 15.0. The zero-order chi connectivity index (χ0) is 34.4. The van der Waals surface area contributed by atoms with Crippen molar-refractivity contribution >= 4 is 46.5 Å². The molecule has 256 valence electrons. The van der Waals surface area contributed by atoms with Gasteiger partial charge >= 0.3 is 0 Å². The maximum atomic E-state index is 15.0. The number of aliphatic hydroxyl groups is 1. The molecule has 1 spiro atoms. The van der Waals surface area contributed by atoms with Gasteiger partial charge in [-0.15, -0.1) is 11.8 Å². The summed E-state index contributed by atoms with van der Waals surface area (Å²) in [5.41, 5.74) is 2.56. The Bertz CT molecular complexity index is 1590. The van der Waals surface area contributed by atoms with E-state index in [0.29, 0.717) is 19.7 Å². The summed E-state index contributed by atoms with van der Waals surface area (Å²) >= 11 is 1.56. The van der Waals surface area contributed by atoms with E-state index in [2.05, 4.69) is 24.8 Å². The van der Waals surface area contributed by atoms with Gasteiger partial charge in [0.1, 0.15) is 11.8 Å². The van der Waals surface area contributed by atoms with Crippen LogP contribution in [0.2, 0.25) is 0 Å². The highest BCUT2D eigenvalue weighted by atomic mass is 32.2. The lowest BCUT2D eigenvalue weighted by molar-refractivity contribution is -0.143. The van der Waals surface area contributed by atoms with E-state index in [9.17, 15) is 19.5 Å². The Balaban J connectivity index is 1.43. The summed E-state index contributed by atoms with van der Waals surface area (Å²) in [6, 6.07) is 14.0. The quantitative estimate of drug-likeness (QED) is 0.350. The van der Waals surface area contributed by atoms with Crippen molar-refractivity contribution in [2.24, 2.45) is 17.8 Å². The Morgan fingerprint density at radius 3 is 2.00 bits per heavy atom. The van der Waals surface area contributed by atoms with E-state index in [1.54, 1.807) is 26.5 Å². The van der Waals surface area contributed by atoms with Gasteiger partial charge in [-0.25, -0.2) is 0 Å². The Hall–Kier alpha value is -3.76. The maximum Gasteiger partial charge on any atom is 0.251 e. The average molecular weight is 673 g/mol. The predicted octanol–water partition coefficient (Wildman–Crippen LogP) is 5.14. The van der Waals surface area contributed by atoms with Crippen LogP contribution >= 0.6 is 11.8 Å². The molecule has 4 aliphatic rings. The summed E-state index contributed by atoms with van der Waals surface area (Å²) < 4.78 is 3.89. The molecule has 2 saturated heterocycles. The first kappa shape index (κ1) is 34.1. The van der Waals surface area contributed by atoms with Gasteiger partial charge in [-0.3, -0.25) is 14.4 Å². The van der Waals surface area contributed by atoms with Gasteiger partial charge in [0.05, 0.1) is 35.8 Å². The SMILES string of the molecule is CCOc1ccc(N2CC=C[C@]3(C)S[C@]45C=CCN(c6ccc(N(CC)CC)cc6)C(=O)C4N([C@@H](CO)C(C)C)C(=O)[C@@H]5[C@@H]3C2=O)cc1. The van der Waals surface area contributed by atoms with Gasteiger partial charge in [0.25, 0.3) is 5.91 Å². The minimum atomic E-state index is -1.01. The second-order valence-corrected chi connectivity index (χ2v) is 15.3. The summed E-state index contributed by atoms with van der Waals surface area (Å²) in [7, 11) is 0. The Morgan fingerprint density at radius 1 is 0.854 bits per heavy atom. The molecule has 4 aliphatic heterocycles. The molecule has 0 aliphatic carbocycles. The molecule has 0 radical (unpaired) electrons. The minimum absolute atomic E-state index is 0.113. The average Bonchev–Trinajstić information content (AvgIpc) is 3.34. The van der Waals surface area contributed by atoms with Crippen LogP contribution in [0.1, 0.15) is 41.5 Å². The van der Waals surface area contributed by atoms with Gasteiger partial charge < -0.3 is 29.4 Å². The Kier molecular flexibility index (Phi) is 9.43. The summed E-state index contributed by atoms with van der Waals surface area (Å²) in [5, 5.41) is 10.7. The molecule has 1 unspecified atom stereocenters. The second-order valence-electron chi connectivity index (χ2n) is 13.6. The molecule has 9 nitrogen and oxygen atoms in total. The standard InChI is InChI=1S/C38H48N4O5S/c1-7-39(8-2)26-12-14-27(15-13-26)41-23-11-21-38-32(35(45)42(33(38)36(41)46)30(24-43)25(4)5)31-34(44)40(22-10-20-37(31,6)48-38)28-16-18-29(19-17-28)47-9-3/h10-21,25,30-33,43H,7-9,22-24H2,1-6H3/t30-,31+,32-,33?,37-,38-/m0/s1. The molecule has 6 rings (SSSR count). The van der Waals surface area contributed by atoms with Crippen LogP contribution in [-0.4, -0.2) is 88.7 Å². The molecule has 0 saturated carbocycles. The predicted molar refractivity (Wildman–Crippen MR) is 193 cm³/mol. The molecule has 2 aromatic carbocycles.